The van der Waals surface area contributed by atoms with Crippen molar-refractivity contribution < 1.29 is 9.90 Å². The molecule has 0 aliphatic carbocycles. The summed E-state index contributed by atoms with van der Waals surface area (Å²) in [5.74, 6) is -0.0277. The van der Waals surface area contributed by atoms with Crippen LogP contribution >= 0.6 is 0 Å². The van der Waals surface area contributed by atoms with E-state index in [1.807, 2.05) is 41.1 Å². The molecule has 0 fully saturated rings. The number of hydrogen-bond acceptors (Lipinski definition) is 5. The normalized spacial score (nSPS) is 14.9. The molecule has 2 aromatic heterocycles. The standard InChI is InChI=1S/C18H20N6O2/c25-17(10-14-4-2-1-3-5-14)16-11-15-12-22(8-9-23(15)21-16)18(26)13-24-19-6-7-20-24/h1-7,11,17,25H,8-10,12-13H2. The van der Waals surface area contributed by atoms with Gasteiger partial charge in [0.05, 0.1) is 36.9 Å². The highest BCUT2D eigenvalue weighted by molar-refractivity contribution is 5.75. The van der Waals surface area contributed by atoms with Gasteiger partial charge in [0, 0.05) is 13.0 Å². The molecule has 0 radical (unpaired) electrons. The maximum atomic E-state index is 12.4. The monoisotopic (exact) mass is 352 g/mol. The van der Waals surface area contributed by atoms with Crippen LogP contribution in [0.1, 0.15) is 23.1 Å². The third kappa shape index (κ3) is 3.50. The van der Waals surface area contributed by atoms with E-state index in [9.17, 15) is 9.90 Å². The summed E-state index contributed by atoms with van der Waals surface area (Å²) in [6.07, 6.45) is 2.97. The molecule has 1 amide bonds. The Kier molecular flexibility index (Phi) is 4.49. The van der Waals surface area contributed by atoms with Gasteiger partial charge in [-0.1, -0.05) is 30.3 Å². The summed E-state index contributed by atoms with van der Waals surface area (Å²) in [6.45, 7) is 1.81. The van der Waals surface area contributed by atoms with Gasteiger partial charge in [0.2, 0.25) is 5.91 Å². The van der Waals surface area contributed by atoms with Crippen LogP contribution in [0.25, 0.3) is 0 Å². The van der Waals surface area contributed by atoms with Crippen molar-refractivity contribution in [2.75, 3.05) is 6.54 Å². The Bertz CT molecular complexity index is 874. The van der Waals surface area contributed by atoms with Gasteiger partial charge in [-0.25, -0.2) is 0 Å². The number of hydrogen-bond donors (Lipinski definition) is 1. The second kappa shape index (κ2) is 7.09. The van der Waals surface area contributed by atoms with Gasteiger partial charge in [-0.15, -0.1) is 0 Å². The number of aliphatic hydroxyl groups is 1. The van der Waals surface area contributed by atoms with E-state index >= 15 is 0 Å². The summed E-state index contributed by atoms with van der Waals surface area (Å²) in [5, 5.41) is 22.9. The lowest BCUT2D eigenvalue weighted by molar-refractivity contribution is -0.133. The van der Waals surface area contributed by atoms with Crippen LogP contribution in [0.5, 0.6) is 0 Å². The predicted molar refractivity (Wildman–Crippen MR) is 92.8 cm³/mol. The van der Waals surface area contributed by atoms with Gasteiger partial charge < -0.3 is 10.0 Å². The van der Waals surface area contributed by atoms with Crippen molar-refractivity contribution in [3.8, 4) is 0 Å². The molecule has 4 rings (SSSR count). The van der Waals surface area contributed by atoms with Crippen LogP contribution in [0.4, 0.5) is 0 Å². The van der Waals surface area contributed by atoms with Gasteiger partial charge >= 0.3 is 0 Å². The van der Waals surface area contributed by atoms with Crippen molar-refractivity contribution in [1.29, 1.82) is 0 Å². The van der Waals surface area contributed by atoms with Crippen LogP contribution in [-0.2, 0) is 30.8 Å². The minimum Gasteiger partial charge on any atom is -0.386 e. The van der Waals surface area contributed by atoms with E-state index in [1.165, 1.54) is 4.80 Å². The van der Waals surface area contributed by atoms with Crippen LogP contribution in [0.3, 0.4) is 0 Å². The van der Waals surface area contributed by atoms with Crippen molar-refractivity contribution in [3.05, 3.63) is 65.7 Å². The van der Waals surface area contributed by atoms with Crippen LogP contribution in [0.2, 0.25) is 0 Å². The predicted octanol–water partition coefficient (Wildman–Crippen LogP) is 0.793. The molecule has 0 saturated carbocycles. The first-order valence-electron chi connectivity index (χ1n) is 8.59. The lowest BCUT2D eigenvalue weighted by Crippen LogP contribution is -2.40. The molecule has 1 aromatic carbocycles. The Labute approximate surface area is 150 Å². The zero-order valence-electron chi connectivity index (χ0n) is 14.3. The fourth-order valence-electron chi connectivity index (χ4n) is 3.15. The topological polar surface area (TPSA) is 89.1 Å². The Balaban J connectivity index is 1.42. The van der Waals surface area contributed by atoms with E-state index in [0.717, 1.165) is 11.3 Å². The number of benzene rings is 1. The molecule has 1 aliphatic rings. The van der Waals surface area contributed by atoms with Gasteiger partial charge in [-0.3, -0.25) is 9.48 Å². The Morgan fingerprint density at radius 2 is 1.92 bits per heavy atom. The summed E-state index contributed by atoms with van der Waals surface area (Å²) >= 11 is 0. The number of carbonyl (C=O) groups excluding carboxylic acids is 1. The van der Waals surface area contributed by atoms with Crippen molar-refractivity contribution in [2.45, 2.75) is 32.2 Å². The molecule has 0 saturated heterocycles. The third-order valence-corrected chi connectivity index (χ3v) is 4.53. The molecule has 1 unspecified atom stereocenters. The average molecular weight is 352 g/mol. The fourth-order valence-corrected chi connectivity index (χ4v) is 3.15. The van der Waals surface area contributed by atoms with Gasteiger partial charge in [0.25, 0.3) is 0 Å². The van der Waals surface area contributed by atoms with Gasteiger partial charge in [-0.2, -0.15) is 20.1 Å². The number of rotatable bonds is 5. The Morgan fingerprint density at radius 1 is 1.15 bits per heavy atom. The smallest absolute Gasteiger partial charge is 0.246 e. The zero-order valence-corrected chi connectivity index (χ0v) is 14.3. The van der Waals surface area contributed by atoms with Crippen LogP contribution in [0.15, 0.2) is 48.8 Å². The number of nitrogens with zero attached hydrogens (tertiary/aromatic N) is 6. The molecule has 1 atom stereocenters. The van der Waals surface area contributed by atoms with E-state index in [0.29, 0.717) is 31.7 Å². The molecule has 1 N–H and O–H groups in total. The van der Waals surface area contributed by atoms with Crippen LogP contribution < -0.4 is 0 Å². The maximum absolute atomic E-state index is 12.4. The maximum Gasteiger partial charge on any atom is 0.246 e. The van der Waals surface area contributed by atoms with Gasteiger partial charge in [-0.05, 0) is 11.6 Å². The largest absolute Gasteiger partial charge is 0.386 e. The SMILES string of the molecule is O=C(Cn1nccn1)N1CCn2nc(C(O)Cc3ccccc3)cc2C1. The van der Waals surface area contributed by atoms with Gasteiger partial charge in [0.1, 0.15) is 12.6 Å². The summed E-state index contributed by atoms with van der Waals surface area (Å²) in [4.78, 5) is 15.6. The molecule has 8 nitrogen and oxygen atoms in total. The van der Waals surface area contributed by atoms with Crippen LogP contribution in [-0.4, -0.2) is 47.2 Å². The number of aliphatic hydroxyl groups excluding tert-OH is 1. The molecule has 26 heavy (non-hydrogen) atoms. The summed E-state index contributed by atoms with van der Waals surface area (Å²) in [6, 6.07) is 11.7. The first-order chi connectivity index (χ1) is 12.7. The summed E-state index contributed by atoms with van der Waals surface area (Å²) in [7, 11) is 0. The van der Waals surface area contributed by atoms with E-state index < -0.39 is 6.10 Å². The zero-order chi connectivity index (χ0) is 17.9. The second-order valence-corrected chi connectivity index (χ2v) is 6.36. The van der Waals surface area contributed by atoms with Crippen molar-refractivity contribution in [3.63, 3.8) is 0 Å². The van der Waals surface area contributed by atoms with E-state index in [1.54, 1.807) is 17.3 Å². The molecule has 8 heteroatoms. The number of aromatic nitrogens is 5. The molecule has 3 heterocycles. The van der Waals surface area contributed by atoms with E-state index in [2.05, 4.69) is 15.3 Å². The molecule has 134 valence electrons. The van der Waals surface area contributed by atoms with E-state index in [-0.39, 0.29) is 12.5 Å². The molecule has 3 aromatic rings. The van der Waals surface area contributed by atoms with Crippen LogP contribution in [0, 0.1) is 0 Å². The third-order valence-electron chi connectivity index (χ3n) is 4.53. The van der Waals surface area contributed by atoms with Crippen molar-refractivity contribution in [2.24, 2.45) is 0 Å². The minimum atomic E-state index is -0.659. The number of carbonyl (C=O) groups is 1. The quantitative estimate of drug-likeness (QED) is 0.733. The fraction of sp³-hybridized carbons (Fsp3) is 0.333. The van der Waals surface area contributed by atoms with Crippen molar-refractivity contribution >= 4 is 5.91 Å². The highest BCUT2D eigenvalue weighted by Gasteiger charge is 2.24. The lowest BCUT2D eigenvalue weighted by Gasteiger charge is -2.27. The minimum absolute atomic E-state index is 0.0277. The molecular formula is C18H20N6O2. The van der Waals surface area contributed by atoms with Gasteiger partial charge in [0.15, 0.2) is 0 Å². The number of amides is 1. The molecule has 0 spiro atoms. The average Bonchev–Trinajstić information content (AvgIpc) is 3.31. The Hall–Kier alpha value is -3.00. The number of fused-ring (bicyclic) bond motifs is 1. The summed E-state index contributed by atoms with van der Waals surface area (Å²) < 4.78 is 1.87. The Morgan fingerprint density at radius 3 is 2.69 bits per heavy atom. The van der Waals surface area contributed by atoms with E-state index in [4.69, 9.17) is 0 Å². The molecule has 0 bridgehead atoms. The summed E-state index contributed by atoms with van der Waals surface area (Å²) in [5.41, 5.74) is 2.64. The first-order valence-corrected chi connectivity index (χ1v) is 8.59. The highest BCUT2D eigenvalue weighted by atomic mass is 16.3. The molecule has 1 aliphatic heterocycles. The lowest BCUT2D eigenvalue weighted by atomic mass is 10.1. The highest BCUT2D eigenvalue weighted by Crippen LogP contribution is 2.21. The second-order valence-electron chi connectivity index (χ2n) is 6.36. The van der Waals surface area contributed by atoms with Crippen molar-refractivity contribution in [1.82, 2.24) is 29.7 Å². The first kappa shape index (κ1) is 16.5. The molecular weight excluding hydrogens is 332 g/mol.